The zero-order valence-corrected chi connectivity index (χ0v) is 12.4. The van der Waals surface area contributed by atoms with Crippen molar-refractivity contribution in [2.24, 2.45) is 5.92 Å². The molecule has 112 valence electrons. The van der Waals surface area contributed by atoms with Crippen molar-refractivity contribution in [3.63, 3.8) is 0 Å². The zero-order chi connectivity index (χ0) is 14.9. The molecule has 3 atom stereocenters. The number of hydrogen-bond donors (Lipinski definition) is 1. The number of urea groups is 1. The van der Waals surface area contributed by atoms with E-state index >= 15 is 0 Å². The molecule has 6 heteroatoms. The van der Waals surface area contributed by atoms with Crippen molar-refractivity contribution in [1.29, 1.82) is 0 Å². The summed E-state index contributed by atoms with van der Waals surface area (Å²) in [5.74, 6) is -1.57. The van der Waals surface area contributed by atoms with Crippen LogP contribution in [0.3, 0.4) is 0 Å². The third-order valence-electron chi connectivity index (χ3n) is 4.20. The lowest BCUT2D eigenvalue weighted by atomic mass is 9.97. The molecule has 0 aliphatic carbocycles. The number of amides is 4. The number of carbonyl (C=O) groups is 3. The fourth-order valence-corrected chi connectivity index (χ4v) is 3.17. The zero-order valence-electron chi connectivity index (χ0n) is 12.4. The number of hydrogen-bond acceptors (Lipinski definition) is 4. The molecule has 2 aliphatic rings. The SMILES string of the molecule is CCCC1C(=O)NC(=O)N(N2C(C)CCCC2C)C1=O. The highest BCUT2D eigenvalue weighted by Gasteiger charge is 2.45. The summed E-state index contributed by atoms with van der Waals surface area (Å²) in [6.07, 6.45) is 4.21. The van der Waals surface area contributed by atoms with Gasteiger partial charge in [0.15, 0.2) is 0 Å². The maximum Gasteiger partial charge on any atom is 0.345 e. The smallest absolute Gasteiger partial charge is 0.276 e. The van der Waals surface area contributed by atoms with Gasteiger partial charge in [0, 0.05) is 12.1 Å². The van der Waals surface area contributed by atoms with Crippen LogP contribution < -0.4 is 5.32 Å². The van der Waals surface area contributed by atoms with Gasteiger partial charge in [0.2, 0.25) is 5.91 Å². The first kappa shape index (κ1) is 15.0. The molecule has 0 aromatic carbocycles. The van der Waals surface area contributed by atoms with Gasteiger partial charge < -0.3 is 0 Å². The topological polar surface area (TPSA) is 69.7 Å². The molecule has 2 fully saturated rings. The average molecular weight is 281 g/mol. The van der Waals surface area contributed by atoms with E-state index < -0.39 is 17.9 Å². The summed E-state index contributed by atoms with van der Waals surface area (Å²) in [6.45, 7) is 5.95. The summed E-state index contributed by atoms with van der Waals surface area (Å²) in [4.78, 5) is 36.4. The summed E-state index contributed by atoms with van der Waals surface area (Å²) in [6, 6.07) is -0.346. The summed E-state index contributed by atoms with van der Waals surface area (Å²) in [7, 11) is 0. The highest BCUT2D eigenvalue weighted by Crippen LogP contribution is 2.27. The lowest BCUT2D eigenvalue weighted by molar-refractivity contribution is -0.163. The van der Waals surface area contributed by atoms with Crippen molar-refractivity contribution in [2.75, 3.05) is 0 Å². The Hall–Kier alpha value is -1.43. The molecule has 0 aromatic heterocycles. The van der Waals surface area contributed by atoms with Crippen molar-refractivity contribution in [1.82, 2.24) is 15.3 Å². The average Bonchev–Trinajstić information content (AvgIpc) is 2.37. The number of imide groups is 2. The minimum atomic E-state index is -0.737. The fourth-order valence-electron chi connectivity index (χ4n) is 3.17. The van der Waals surface area contributed by atoms with E-state index in [9.17, 15) is 14.4 Å². The second-order valence-corrected chi connectivity index (χ2v) is 5.79. The first-order valence-corrected chi connectivity index (χ1v) is 7.44. The Kier molecular flexibility index (Phi) is 4.42. The van der Waals surface area contributed by atoms with Crippen LogP contribution in [0.2, 0.25) is 0 Å². The molecule has 0 saturated carbocycles. The molecule has 0 spiro atoms. The predicted octanol–water partition coefficient (Wildman–Crippen LogP) is 1.66. The third-order valence-corrected chi connectivity index (χ3v) is 4.20. The van der Waals surface area contributed by atoms with Crippen molar-refractivity contribution in [3.05, 3.63) is 0 Å². The fraction of sp³-hybridized carbons (Fsp3) is 0.786. The van der Waals surface area contributed by atoms with Crippen molar-refractivity contribution < 1.29 is 14.4 Å². The number of piperidine rings is 1. The van der Waals surface area contributed by atoms with E-state index in [4.69, 9.17) is 0 Å². The number of hydrazine groups is 1. The molecule has 0 radical (unpaired) electrons. The van der Waals surface area contributed by atoms with Crippen LogP contribution >= 0.6 is 0 Å². The van der Waals surface area contributed by atoms with Gasteiger partial charge in [0.25, 0.3) is 5.91 Å². The van der Waals surface area contributed by atoms with Gasteiger partial charge in [-0.1, -0.05) is 19.8 Å². The van der Waals surface area contributed by atoms with E-state index in [2.05, 4.69) is 5.32 Å². The standard InChI is InChI=1S/C14H23N3O3/c1-4-6-11-12(18)15-14(20)17(13(11)19)16-9(2)7-5-8-10(16)3/h9-11H,4-8H2,1-3H3,(H,15,18,20). The first-order chi connectivity index (χ1) is 9.47. The molecule has 4 amide bonds. The molecule has 20 heavy (non-hydrogen) atoms. The van der Waals surface area contributed by atoms with Crippen LogP contribution in [0, 0.1) is 5.92 Å². The quantitative estimate of drug-likeness (QED) is 0.799. The van der Waals surface area contributed by atoms with Crippen molar-refractivity contribution in [2.45, 2.75) is 65.0 Å². The highest BCUT2D eigenvalue weighted by molar-refractivity contribution is 6.15. The Balaban J connectivity index is 2.26. The normalized spacial score (nSPS) is 32.5. The second kappa shape index (κ2) is 5.91. The Morgan fingerprint density at radius 3 is 2.30 bits per heavy atom. The third kappa shape index (κ3) is 2.57. The Labute approximate surface area is 119 Å². The van der Waals surface area contributed by atoms with Crippen LogP contribution in [-0.2, 0) is 9.59 Å². The minimum Gasteiger partial charge on any atom is -0.276 e. The lowest BCUT2D eigenvalue weighted by Crippen LogP contribution is -2.67. The molecule has 2 saturated heterocycles. The van der Waals surface area contributed by atoms with Gasteiger partial charge in [0.1, 0.15) is 5.92 Å². The maximum atomic E-state index is 12.5. The van der Waals surface area contributed by atoms with Gasteiger partial charge in [-0.3, -0.25) is 14.9 Å². The van der Waals surface area contributed by atoms with Crippen LogP contribution in [0.25, 0.3) is 0 Å². The Bertz CT molecular complexity index is 414. The van der Waals surface area contributed by atoms with E-state index in [-0.39, 0.29) is 18.0 Å². The summed E-state index contributed by atoms with van der Waals surface area (Å²) >= 11 is 0. The van der Waals surface area contributed by atoms with Crippen LogP contribution in [0.5, 0.6) is 0 Å². The van der Waals surface area contributed by atoms with Crippen molar-refractivity contribution in [3.8, 4) is 0 Å². The van der Waals surface area contributed by atoms with Gasteiger partial charge in [-0.05, 0) is 33.1 Å². The van der Waals surface area contributed by atoms with E-state index in [1.807, 2.05) is 25.8 Å². The summed E-state index contributed by atoms with van der Waals surface area (Å²) < 4.78 is 0. The highest BCUT2D eigenvalue weighted by atomic mass is 16.2. The molecular weight excluding hydrogens is 258 g/mol. The Morgan fingerprint density at radius 1 is 1.15 bits per heavy atom. The maximum absolute atomic E-state index is 12.5. The van der Waals surface area contributed by atoms with Crippen LogP contribution in [0.4, 0.5) is 4.79 Å². The molecule has 0 aromatic rings. The van der Waals surface area contributed by atoms with Crippen LogP contribution in [0.1, 0.15) is 52.9 Å². The molecule has 3 unspecified atom stereocenters. The van der Waals surface area contributed by atoms with E-state index in [1.54, 1.807) is 0 Å². The predicted molar refractivity (Wildman–Crippen MR) is 73.4 cm³/mol. The number of nitrogens with one attached hydrogen (secondary N) is 1. The van der Waals surface area contributed by atoms with E-state index in [1.165, 1.54) is 5.01 Å². The van der Waals surface area contributed by atoms with Gasteiger partial charge in [-0.25, -0.2) is 9.80 Å². The summed E-state index contributed by atoms with van der Waals surface area (Å²) in [5, 5.41) is 5.34. The number of barbiturate groups is 1. The molecular formula is C14H23N3O3. The van der Waals surface area contributed by atoms with Crippen LogP contribution in [-0.4, -0.2) is 39.9 Å². The molecule has 6 nitrogen and oxygen atoms in total. The first-order valence-electron chi connectivity index (χ1n) is 7.44. The van der Waals surface area contributed by atoms with Crippen molar-refractivity contribution >= 4 is 17.8 Å². The molecule has 0 bridgehead atoms. The van der Waals surface area contributed by atoms with Gasteiger partial charge in [-0.15, -0.1) is 0 Å². The second-order valence-electron chi connectivity index (χ2n) is 5.79. The monoisotopic (exact) mass is 281 g/mol. The summed E-state index contributed by atoms with van der Waals surface area (Å²) in [5.41, 5.74) is 0. The van der Waals surface area contributed by atoms with Gasteiger partial charge in [-0.2, -0.15) is 5.01 Å². The van der Waals surface area contributed by atoms with Crippen LogP contribution in [0.15, 0.2) is 0 Å². The molecule has 1 N–H and O–H groups in total. The number of carbonyl (C=O) groups excluding carboxylic acids is 3. The van der Waals surface area contributed by atoms with Gasteiger partial charge in [0.05, 0.1) is 0 Å². The van der Waals surface area contributed by atoms with E-state index in [0.717, 1.165) is 25.7 Å². The molecule has 2 rings (SSSR count). The molecule has 2 aliphatic heterocycles. The van der Waals surface area contributed by atoms with E-state index in [0.29, 0.717) is 6.42 Å². The lowest BCUT2D eigenvalue weighted by Gasteiger charge is -2.46. The number of nitrogens with zero attached hydrogens (tertiary/aromatic N) is 2. The largest absolute Gasteiger partial charge is 0.345 e. The number of rotatable bonds is 3. The van der Waals surface area contributed by atoms with Gasteiger partial charge >= 0.3 is 6.03 Å². The molecule has 2 heterocycles. The minimum absolute atomic E-state index is 0.129. The Morgan fingerprint density at radius 2 is 1.75 bits per heavy atom.